The molecule has 1 atom stereocenters. The number of hydrogen-bond acceptors (Lipinski definition) is 5. The maximum Gasteiger partial charge on any atom is 0.244 e. The number of methoxy groups -OCH3 is 1. The highest BCUT2D eigenvalue weighted by molar-refractivity contribution is 7.92. The summed E-state index contributed by atoms with van der Waals surface area (Å²) in [6.07, 6.45) is 5.17. The Morgan fingerprint density at radius 1 is 1.08 bits per heavy atom. The summed E-state index contributed by atoms with van der Waals surface area (Å²) < 4.78 is 31.8. The Balaban J connectivity index is 1.98. The first-order valence-corrected chi connectivity index (χ1v) is 15.3. The first-order chi connectivity index (χ1) is 17.9. The normalized spacial score (nSPS) is 14.7. The minimum atomic E-state index is -3.97. The maximum absolute atomic E-state index is 13.8. The second kappa shape index (κ2) is 13.2. The van der Waals surface area contributed by atoms with Gasteiger partial charge in [-0.15, -0.1) is 0 Å². The van der Waals surface area contributed by atoms with Crippen LogP contribution in [0.2, 0.25) is 15.1 Å². The molecule has 1 aliphatic rings. The summed E-state index contributed by atoms with van der Waals surface area (Å²) in [7, 11) is -2.44. The molecule has 2 amide bonds. The van der Waals surface area contributed by atoms with Crippen molar-refractivity contribution in [2.45, 2.75) is 57.7 Å². The molecule has 0 saturated heterocycles. The molecule has 38 heavy (non-hydrogen) atoms. The quantitative estimate of drug-likeness (QED) is 0.352. The third-order valence-corrected chi connectivity index (χ3v) is 8.66. The van der Waals surface area contributed by atoms with E-state index in [0.29, 0.717) is 12.2 Å². The van der Waals surface area contributed by atoms with Gasteiger partial charge >= 0.3 is 0 Å². The summed E-state index contributed by atoms with van der Waals surface area (Å²) in [5.74, 6) is -0.248. The van der Waals surface area contributed by atoms with Gasteiger partial charge in [-0.25, -0.2) is 8.42 Å². The van der Waals surface area contributed by atoms with Crippen LogP contribution in [0.15, 0.2) is 36.4 Å². The number of ether oxygens (including phenoxy) is 1. The lowest BCUT2D eigenvalue weighted by Gasteiger charge is -2.33. The molecule has 12 heteroatoms. The van der Waals surface area contributed by atoms with Gasteiger partial charge in [-0.1, -0.05) is 66.7 Å². The van der Waals surface area contributed by atoms with E-state index in [0.717, 1.165) is 41.8 Å². The lowest BCUT2D eigenvalue weighted by Crippen LogP contribution is -2.53. The first-order valence-electron chi connectivity index (χ1n) is 12.3. The molecule has 1 aliphatic carbocycles. The van der Waals surface area contributed by atoms with Gasteiger partial charge in [0.25, 0.3) is 0 Å². The van der Waals surface area contributed by atoms with Crippen LogP contribution in [0.3, 0.4) is 0 Å². The number of nitrogens with zero attached hydrogens (tertiary/aromatic N) is 2. The molecule has 0 heterocycles. The number of carbonyl (C=O) groups excluding carboxylic acids is 2. The van der Waals surface area contributed by atoms with E-state index in [1.807, 2.05) is 13.0 Å². The van der Waals surface area contributed by atoms with Crippen LogP contribution in [0.4, 0.5) is 5.69 Å². The first kappa shape index (κ1) is 30.3. The summed E-state index contributed by atoms with van der Waals surface area (Å²) in [5, 5.41) is 3.32. The van der Waals surface area contributed by atoms with Gasteiger partial charge in [0.2, 0.25) is 21.8 Å². The summed E-state index contributed by atoms with van der Waals surface area (Å²) in [5.41, 5.74) is 0.741. The molecule has 0 bridgehead atoms. The van der Waals surface area contributed by atoms with E-state index in [1.54, 1.807) is 18.2 Å². The number of sulfonamides is 1. The highest BCUT2D eigenvalue weighted by Crippen LogP contribution is 2.35. The van der Waals surface area contributed by atoms with E-state index >= 15 is 0 Å². The number of amides is 2. The van der Waals surface area contributed by atoms with Crippen molar-refractivity contribution in [2.24, 2.45) is 0 Å². The molecule has 1 fully saturated rings. The van der Waals surface area contributed by atoms with Gasteiger partial charge in [-0.05, 0) is 49.1 Å². The lowest BCUT2D eigenvalue weighted by molar-refractivity contribution is -0.140. The van der Waals surface area contributed by atoms with E-state index in [1.165, 1.54) is 24.1 Å². The topological polar surface area (TPSA) is 96.0 Å². The predicted octanol–water partition coefficient (Wildman–Crippen LogP) is 5.29. The van der Waals surface area contributed by atoms with Crippen molar-refractivity contribution in [3.63, 3.8) is 0 Å². The SMILES string of the molecule is CC[C@H](C(=O)NC1CCCC1)N(Cc1cccc(OC)c1)C(=O)CN(c1cc(Cl)c(Cl)cc1Cl)S(C)(=O)=O. The fourth-order valence-electron chi connectivity index (χ4n) is 4.55. The molecule has 0 spiro atoms. The van der Waals surface area contributed by atoms with E-state index in [2.05, 4.69) is 5.32 Å². The number of nitrogens with one attached hydrogen (secondary N) is 1. The van der Waals surface area contributed by atoms with Crippen LogP contribution in [0.25, 0.3) is 0 Å². The number of hydrogen-bond donors (Lipinski definition) is 1. The zero-order valence-corrected chi connectivity index (χ0v) is 24.6. The Morgan fingerprint density at radius 2 is 1.74 bits per heavy atom. The van der Waals surface area contributed by atoms with Crippen LogP contribution in [0, 0.1) is 0 Å². The van der Waals surface area contributed by atoms with Gasteiger partial charge in [0.1, 0.15) is 18.3 Å². The standard InChI is InChI=1S/C26H32Cl3N3O5S/c1-4-23(26(34)30-18-9-5-6-10-18)31(15-17-8-7-11-19(12-17)37-2)25(33)16-32(38(3,35)36)24-14-21(28)20(27)13-22(24)29/h7-8,11-14,18,23H,4-6,9-10,15-16H2,1-3H3,(H,30,34)/t23-/m1/s1. The highest BCUT2D eigenvalue weighted by Gasteiger charge is 2.33. The molecule has 3 rings (SSSR count). The average Bonchev–Trinajstić information content (AvgIpc) is 3.37. The van der Waals surface area contributed by atoms with E-state index < -0.39 is 28.5 Å². The molecule has 0 aliphatic heterocycles. The predicted molar refractivity (Wildman–Crippen MR) is 152 cm³/mol. The highest BCUT2D eigenvalue weighted by atomic mass is 35.5. The van der Waals surface area contributed by atoms with Gasteiger partial charge < -0.3 is 15.0 Å². The second-order valence-electron chi connectivity index (χ2n) is 9.27. The van der Waals surface area contributed by atoms with Gasteiger partial charge in [-0.3, -0.25) is 13.9 Å². The number of rotatable bonds is 11. The molecule has 208 valence electrons. The molecule has 0 radical (unpaired) electrons. The van der Waals surface area contributed by atoms with Gasteiger partial charge in [0.15, 0.2) is 0 Å². The van der Waals surface area contributed by atoms with Crippen molar-refractivity contribution >= 4 is 62.3 Å². The van der Waals surface area contributed by atoms with Gasteiger partial charge in [0.05, 0.1) is 34.1 Å². The van der Waals surface area contributed by atoms with Crippen molar-refractivity contribution in [2.75, 3.05) is 24.2 Å². The van der Waals surface area contributed by atoms with Crippen molar-refractivity contribution in [3.8, 4) is 5.75 Å². The lowest BCUT2D eigenvalue weighted by atomic mass is 10.1. The molecule has 8 nitrogen and oxygen atoms in total. The minimum Gasteiger partial charge on any atom is -0.497 e. The zero-order chi connectivity index (χ0) is 28.0. The zero-order valence-electron chi connectivity index (χ0n) is 21.5. The Morgan fingerprint density at radius 3 is 2.34 bits per heavy atom. The van der Waals surface area contributed by atoms with E-state index in [4.69, 9.17) is 39.5 Å². The molecule has 2 aromatic rings. The van der Waals surface area contributed by atoms with Gasteiger partial charge in [0, 0.05) is 12.6 Å². The summed E-state index contributed by atoms with van der Waals surface area (Å²) in [6, 6.07) is 9.01. The summed E-state index contributed by atoms with van der Waals surface area (Å²) in [4.78, 5) is 28.6. The maximum atomic E-state index is 13.8. The fraction of sp³-hybridized carbons (Fsp3) is 0.462. The van der Waals surface area contributed by atoms with E-state index in [-0.39, 0.29) is 39.2 Å². The minimum absolute atomic E-state index is 0.0155. The molecular weight excluding hydrogens is 573 g/mol. The fourth-order valence-corrected chi connectivity index (χ4v) is 6.10. The van der Waals surface area contributed by atoms with Crippen LogP contribution >= 0.6 is 34.8 Å². The van der Waals surface area contributed by atoms with E-state index in [9.17, 15) is 18.0 Å². The number of carbonyl (C=O) groups is 2. The molecule has 0 aromatic heterocycles. The Labute approximate surface area is 239 Å². The second-order valence-corrected chi connectivity index (χ2v) is 12.4. The van der Waals surface area contributed by atoms with Crippen LogP contribution in [0.1, 0.15) is 44.6 Å². The number of halogens is 3. The van der Waals surface area contributed by atoms with Gasteiger partial charge in [-0.2, -0.15) is 0 Å². The number of anilines is 1. The Bertz CT molecular complexity index is 1270. The monoisotopic (exact) mass is 603 g/mol. The summed E-state index contributed by atoms with van der Waals surface area (Å²) in [6.45, 7) is 1.29. The average molecular weight is 605 g/mol. The largest absolute Gasteiger partial charge is 0.497 e. The summed E-state index contributed by atoms with van der Waals surface area (Å²) >= 11 is 18.5. The Kier molecular flexibility index (Phi) is 10.6. The Hall–Kier alpha value is -2.20. The molecule has 1 saturated carbocycles. The van der Waals surface area contributed by atoms with Crippen LogP contribution < -0.4 is 14.4 Å². The van der Waals surface area contributed by atoms with Crippen LogP contribution in [-0.4, -0.2) is 57.1 Å². The third kappa shape index (κ3) is 7.68. The number of benzene rings is 2. The third-order valence-electron chi connectivity index (χ3n) is 6.51. The van der Waals surface area contributed by atoms with Crippen molar-refractivity contribution in [1.82, 2.24) is 10.2 Å². The molecular formula is C26H32Cl3N3O5S. The van der Waals surface area contributed by atoms with Crippen LogP contribution in [0.5, 0.6) is 5.75 Å². The van der Waals surface area contributed by atoms with Crippen molar-refractivity contribution in [3.05, 3.63) is 57.0 Å². The van der Waals surface area contributed by atoms with Crippen molar-refractivity contribution in [1.29, 1.82) is 0 Å². The van der Waals surface area contributed by atoms with Crippen molar-refractivity contribution < 1.29 is 22.7 Å². The molecule has 2 aromatic carbocycles. The van der Waals surface area contributed by atoms with Crippen LogP contribution in [-0.2, 0) is 26.2 Å². The molecule has 0 unspecified atom stereocenters. The molecule has 1 N–H and O–H groups in total. The smallest absolute Gasteiger partial charge is 0.244 e.